The minimum atomic E-state index is -0.852. The average molecular weight is 325 g/mol. The molecule has 0 aliphatic carbocycles. The van der Waals surface area contributed by atoms with Gasteiger partial charge in [-0.3, -0.25) is 4.40 Å². The van der Waals surface area contributed by atoms with Gasteiger partial charge in [-0.25, -0.2) is 13.8 Å². The molecule has 2 aromatic heterocycles. The molecule has 0 radical (unpaired) electrons. The monoisotopic (exact) mass is 325 g/mol. The normalized spacial score (nSPS) is 13.0. The van der Waals surface area contributed by atoms with Gasteiger partial charge in [0.15, 0.2) is 16.6 Å². The van der Waals surface area contributed by atoms with Crippen molar-refractivity contribution in [2.24, 2.45) is 5.73 Å². The quantitative estimate of drug-likeness (QED) is 0.795. The molecule has 2 heterocycles. The van der Waals surface area contributed by atoms with Crippen molar-refractivity contribution in [2.45, 2.75) is 29.3 Å². The summed E-state index contributed by atoms with van der Waals surface area (Å²) in [6.45, 7) is 1.93. The van der Waals surface area contributed by atoms with E-state index < -0.39 is 11.6 Å². The van der Waals surface area contributed by atoms with Crippen LogP contribution in [-0.4, -0.2) is 15.4 Å². The highest BCUT2D eigenvalue weighted by atomic mass is 32.2. The molecule has 0 fully saturated rings. The van der Waals surface area contributed by atoms with E-state index in [-0.39, 0.29) is 6.04 Å². The number of benzene rings is 1. The second-order valence-corrected chi connectivity index (χ2v) is 6.71. The summed E-state index contributed by atoms with van der Waals surface area (Å²) in [5, 5.41) is 2.74. The number of rotatable bonds is 4. The van der Waals surface area contributed by atoms with Crippen molar-refractivity contribution in [1.82, 2.24) is 9.38 Å². The Morgan fingerprint density at radius 1 is 1.38 bits per heavy atom. The number of aromatic nitrogens is 2. The fraction of sp³-hybridized carbons (Fsp3) is 0.214. The summed E-state index contributed by atoms with van der Waals surface area (Å²) in [6, 6.07) is 3.85. The minimum absolute atomic E-state index is 0.00546. The third kappa shape index (κ3) is 2.95. The number of hydrogen-bond donors (Lipinski definition) is 1. The summed E-state index contributed by atoms with van der Waals surface area (Å²) in [4.78, 5) is 6.03. The van der Waals surface area contributed by atoms with E-state index in [0.29, 0.717) is 11.3 Å². The Labute approximate surface area is 128 Å². The molecule has 0 spiro atoms. The predicted molar refractivity (Wildman–Crippen MR) is 80.9 cm³/mol. The van der Waals surface area contributed by atoms with Gasteiger partial charge < -0.3 is 5.73 Å². The summed E-state index contributed by atoms with van der Waals surface area (Å²) in [6.07, 6.45) is 2.62. The van der Waals surface area contributed by atoms with Crippen LogP contribution in [0.2, 0.25) is 0 Å². The minimum Gasteiger partial charge on any atom is -0.328 e. The van der Waals surface area contributed by atoms with Crippen LogP contribution in [0.5, 0.6) is 0 Å². The molecule has 0 amide bonds. The van der Waals surface area contributed by atoms with E-state index in [4.69, 9.17) is 5.73 Å². The van der Waals surface area contributed by atoms with Gasteiger partial charge in [-0.05, 0) is 25.1 Å². The molecule has 0 aliphatic heterocycles. The van der Waals surface area contributed by atoms with Crippen molar-refractivity contribution < 1.29 is 8.78 Å². The lowest BCUT2D eigenvalue weighted by molar-refractivity contribution is 0.506. The van der Waals surface area contributed by atoms with Gasteiger partial charge in [-0.15, -0.1) is 11.3 Å². The van der Waals surface area contributed by atoms with E-state index in [0.717, 1.165) is 21.7 Å². The zero-order valence-corrected chi connectivity index (χ0v) is 12.8. The molecule has 0 saturated carbocycles. The number of hydrogen-bond acceptors (Lipinski definition) is 4. The number of nitrogens with two attached hydrogens (primary N) is 1. The van der Waals surface area contributed by atoms with Crippen LogP contribution in [0.3, 0.4) is 0 Å². The van der Waals surface area contributed by atoms with Crippen LogP contribution in [0.25, 0.3) is 4.96 Å². The Morgan fingerprint density at radius 2 is 2.19 bits per heavy atom. The first-order chi connectivity index (χ1) is 10.0. The lowest BCUT2D eigenvalue weighted by Crippen LogP contribution is -2.19. The molecular formula is C14H13F2N3S2. The highest BCUT2D eigenvalue weighted by molar-refractivity contribution is 7.99. The lowest BCUT2D eigenvalue weighted by Gasteiger charge is -2.07. The van der Waals surface area contributed by atoms with Crippen LogP contribution in [0, 0.1) is 11.6 Å². The molecule has 1 unspecified atom stereocenters. The van der Waals surface area contributed by atoms with E-state index in [1.807, 2.05) is 22.9 Å². The van der Waals surface area contributed by atoms with Crippen molar-refractivity contribution in [1.29, 1.82) is 0 Å². The summed E-state index contributed by atoms with van der Waals surface area (Å²) in [5.74, 6) is -1.70. The number of thiazole rings is 1. The molecule has 1 aromatic carbocycles. The van der Waals surface area contributed by atoms with Crippen LogP contribution >= 0.6 is 23.1 Å². The molecule has 2 N–H and O–H groups in total. The summed E-state index contributed by atoms with van der Waals surface area (Å²) in [7, 11) is 0. The highest BCUT2D eigenvalue weighted by Crippen LogP contribution is 2.33. The Kier molecular flexibility index (Phi) is 3.97. The fourth-order valence-corrected chi connectivity index (χ4v) is 3.78. The Bertz CT molecular complexity index is 780. The van der Waals surface area contributed by atoms with E-state index >= 15 is 0 Å². The Hall–Kier alpha value is -1.44. The molecule has 0 bridgehead atoms. The van der Waals surface area contributed by atoms with Gasteiger partial charge in [0.05, 0.1) is 5.69 Å². The van der Waals surface area contributed by atoms with Gasteiger partial charge in [0, 0.05) is 28.9 Å². The summed E-state index contributed by atoms with van der Waals surface area (Å²) < 4.78 is 28.3. The second kappa shape index (κ2) is 5.75. The topological polar surface area (TPSA) is 43.3 Å². The number of fused-ring (bicyclic) bond motifs is 1. The second-order valence-electron chi connectivity index (χ2n) is 4.78. The molecule has 3 aromatic rings. The molecule has 3 rings (SSSR count). The fourth-order valence-electron chi connectivity index (χ4n) is 2.04. The number of halogens is 2. The van der Waals surface area contributed by atoms with Crippen molar-refractivity contribution in [3.63, 3.8) is 0 Å². The van der Waals surface area contributed by atoms with Gasteiger partial charge in [0.1, 0.15) is 5.03 Å². The third-order valence-corrected chi connectivity index (χ3v) is 4.71. The lowest BCUT2D eigenvalue weighted by atomic mass is 10.2. The van der Waals surface area contributed by atoms with Gasteiger partial charge in [0.25, 0.3) is 0 Å². The van der Waals surface area contributed by atoms with E-state index in [2.05, 4.69) is 4.98 Å². The first-order valence-corrected chi connectivity index (χ1v) is 8.07. The maximum absolute atomic E-state index is 13.3. The van der Waals surface area contributed by atoms with E-state index in [9.17, 15) is 8.78 Å². The smallest absolute Gasteiger partial charge is 0.194 e. The van der Waals surface area contributed by atoms with Crippen LogP contribution in [0.1, 0.15) is 12.6 Å². The van der Waals surface area contributed by atoms with Crippen LogP contribution < -0.4 is 5.73 Å². The molecule has 7 heteroatoms. The molecule has 3 nitrogen and oxygen atoms in total. The summed E-state index contributed by atoms with van der Waals surface area (Å²) in [5.41, 5.74) is 6.89. The molecule has 110 valence electrons. The maximum atomic E-state index is 13.3. The standard InChI is InChI=1S/C14H13F2N3S2/c1-8(17)6-12-13(18-14-19(12)4-5-20-14)21-9-2-3-10(15)11(16)7-9/h2-5,7-8H,6,17H2,1H3. The van der Waals surface area contributed by atoms with Crippen LogP contribution in [0.15, 0.2) is 39.7 Å². The Morgan fingerprint density at radius 3 is 2.90 bits per heavy atom. The number of nitrogens with zero attached hydrogens (tertiary/aromatic N) is 2. The zero-order chi connectivity index (χ0) is 15.0. The highest BCUT2D eigenvalue weighted by Gasteiger charge is 2.16. The van der Waals surface area contributed by atoms with Gasteiger partial charge >= 0.3 is 0 Å². The largest absolute Gasteiger partial charge is 0.328 e. The Balaban J connectivity index is 1.98. The molecule has 21 heavy (non-hydrogen) atoms. The first kappa shape index (κ1) is 14.5. The van der Waals surface area contributed by atoms with Crippen LogP contribution in [0.4, 0.5) is 8.78 Å². The first-order valence-electron chi connectivity index (χ1n) is 6.37. The number of imidazole rings is 1. The van der Waals surface area contributed by atoms with E-state index in [1.54, 1.807) is 6.07 Å². The average Bonchev–Trinajstić information content (AvgIpc) is 2.97. The van der Waals surface area contributed by atoms with Gasteiger partial charge in [-0.1, -0.05) is 11.8 Å². The SMILES string of the molecule is CC(N)Cc1c(Sc2ccc(F)c(F)c2)nc2sccn12. The van der Waals surface area contributed by atoms with Crippen LogP contribution in [-0.2, 0) is 6.42 Å². The van der Waals surface area contributed by atoms with Crippen molar-refractivity contribution in [3.8, 4) is 0 Å². The van der Waals surface area contributed by atoms with Crippen molar-refractivity contribution in [3.05, 3.63) is 47.1 Å². The maximum Gasteiger partial charge on any atom is 0.194 e. The third-order valence-electron chi connectivity index (χ3n) is 2.95. The predicted octanol–water partition coefficient (Wildman–Crippen LogP) is 3.71. The zero-order valence-electron chi connectivity index (χ0n) is 11.2. The molecule has 1 atom stereocenters. The van der Waals surface area contributed by atoms with Crippen molar-refractivity contribution >= 4 is 28.1 Å². The molecular weight excluding hydrogens is 312 g/mol. The molecule has 0 aliphatic rings. The van der Waals surface area contributed by atoms with Crippen molar-refractivity contribution in [2.75, 3.05) is 0 Å². The van der Waals surface area contributed by atoms with E-state index in [1.165, 1.54) is 29.2 Å². The molecule has 0 saturated heterocycles. The van der Waals surface area contributed by atoms with Gasteiger partial charge in [0.2, 0.25) is 0 Å². The van der Waals surface area contributed by atoms with Gasteiger partial charge in [-0.2, -0.15) is 0 Å². The summed E-state index contributed by atoms with van der Waals surface area (Å²) >= 11 is 2.85.